The fraction of sp³-hybridized carbons (Fsp3) is 0.143. The van der Waals surface area contributed by atoms with Crippen molar-refractivity contribution in [1.29, 1.82) is 0 Å². The Hall–Kier alpha value is -0.940. The molecule has 0 fully saturated rings. The molecule has 0 atom stereocenters. The molecule has 0 spiro atoms. The summed E-state index contributed by atoms with van der Waals surface area (Å²) in [7, 11) is 0. The lowest BCUT2D eigenvalue weighted by molar-refractivity contribution is -0.137. The van der Waals surface area contributed by atoms with Gasteiger partial charge in [0.25, 0.3) is 0 Å². The van der Waals surface area contributed by atoms with Gasteiger partial charge in [0.05, 0.1) is 11.3 Å². The molecule has 1 aromatic carbocycles. The van der Waals surface area contributed by atoms with Crippen molar-refractivity contribution in [2.24, 2.45) is 0 Å². The van der Waals surface area contributed by atoms with Crippen LogP contribution < -0.4 is 5.48 Å². The van der Waals surface area contributed by atoms with E-state index in [4.69, 9.17) is 5.21 Å². The number of benzene rings is 1. The van der Waals surface area contributed by atoms with Crippen LogP contribution in [0.3, 0.4) is 0 Å². The number of rotatable bonds is 1. The van der Waals surface area contributed by atoms with E-state index in [1.807, 2.05) is 0 Å². The van der Waals surface area contributed by atoms with Crippen molar-refractivity contribution in [3.63, 3.8) is 0 Å². The maximum Gasteiger partial charge on any atom is 0.418 e. The highest BCUT2D eigenvalue weighted by molar-refractivity contribution is 5.85. The van der Waals surface area contributed by atoms with Crippen LogP contribution in [0.25, 0.3) is 0 Å². The summed E-state index contributed by atoms with van der Waals surface area (Å²) in [5, 5.41) is 8.33. The van der Waals surface area contributed by atoms with E-state index in [0.29, 0.717) is 0 Å². The van der Waals surface area contributed by atoms with Crippen LogP contribution in [0.2, 0.25) is 0 Å². The maximum atomic E-state index is 12.1. The first kappa shape index (κ1) is 12.1. The Morgan fingerprint density at radius 3 is 2.08 bits per heavy atom. The lowest BCUT2D eigenvalue weighted by atomic mass is 10.2. The third-order valence-electron chi connectivity index (χ3n) is 1.35. The molecule has 2 nitrogen and oxygen atoms in total. The molecule has 0 amide bonds. The van der Waals surface area contributed by atoms with Gasteiger partial charge >= 0.3 is 6.18 Å². The molecule has 1 aromatic rings. The zero-order valence-electron chi connectivity index (χ0n) is 6.30. The zero-order chi connectivity index (χ0) is 9.19. The van der Waals surface area contributed by atoms with Gasteiger partial charge in [0.1, 0.15) is 0 Å². The summed E-state index contributed by atoms with van der Waals surface area (Å²) in [5.74, 6) is 0. The van der Waals surface area contributed by atoms with Crippen molar-refractivity contribution >= 4 is 18.1 Å². The largest absolute Gasteiger partial charge is 0.418 e. The third-order valence-corrected chi connectivity index (χ3v) is 1.35. The molecule has 0 radical (unpaired) electrons. The van der Waals surface area contributed by atoms with Crippen LogP contribution >= 0.6 is 12.4 Å². The fourth-order valence-corrected chi connectivity index (χ4v) is 0.828. The van der Waals surface area contributed by atoms with Gasteiger partial charge in [-0.15, -0.1) is 12.4 Å². The number of hydrogen-bond donors (Lipinski definition) is 2. The Morgan fingerprint density at radius 1 is 1.15 bits per heavy atom. The molecule has 13 heavy (non-hydrogen) atoms. The molecule has 74 valence electrons. The third kappa shape index (κ3) is 2.78. The van der Waals surface area contributed by atoms with Crippen LogP contribution in [0, 0.1) is 0 Å². The molecule has 1 rings (SSSR count). The summed E-state index contributed by atoms with van der Waals surface area (Å²) in [6, 6.07) is 4.68. The Morgan fingerprint density at radius 2 is 1.69 bits per heavy atom. The van der Waals surface area contributed by atoms with Gasteiger partial charge in [0.2, 0.25) is 0 Å². The Balaban J connectivity index is 0.00000144. The average Bonchev–Trinajstić information content (AvgIpc) is 2.03. The Kier molecular flexibility index (Phi) is 4.03. The molecule has 0 aliphatic carbocycles. The average molecular weight is 214 g/mol. The van der Waals surface area contributed by atoms with Crippen molar-refractivity contribution in [3.8, 4) is 0 Å². The molecule has 0 heterocycles. The van der Waals surface area contributed by atoms with E-state index in [2.05, 4.69) is 0 Å². The van der Waals surface area contributed by atoms with Gasteiger partial charge in [0.15, 0.2) is 0 Å². The van der Waals surface area contributed by atoms with Gasteiger partial charge in [-0.1, -0.05) is 12.1 Å². The predicted molar refractivity (Wildman–Crippen MR) is 44.1 cm³/mol. The SMILES string of the molecule is Cl.ONc1ccccc1C(F)(F)F. The summed E-state index contributed by atoms with van der Waals surface area (Å²) in [4.78, 5) is 0. The predicted octanol–water partition coefficient (Wildman–Crippen LogP) is 2.93. The van der Waals surface area contributed by atoms with Crippen molar-refractivity contribution < 1.29 is 18.4 Å². The second-order valence-corrected chi connectivity index (χ2v) is 2.16. The highest BCUT2D eigenvalue weighted by Gasteiger charge is 2.32. The topological polar surface area (TPSA) is 32.3 Å². The molecule has 0 bridgehead atoms. The first-order valence-electron chi connectivity index (χ1n) is 3.12. The van der Waals surface area contributed by atoms with Gasteiger partial charge in [0, 0.05) is 0 Å². The highest BCUT2D eigenvalue weighted by Crippen LogP contribution is 2.33. The number of nitrogens with one attached hydrogen (secondary N) is 1. The number of anilines is 1. The van der Waals surface area contributed by atoms with Crippen LogP contribution in [0.4, 0.5) is 18.9 Å². The first-order chi connectivity index (χ1) is 5.55. The van der Waals surface area contributed by atoms with E-state index in [1.165, 1.54) is 17.6 Å². The maximum absolute atomic E-state index is 12.1. The van der Waals surface area contributed by atoms with Crippen molar-refractivity contribution in [3.05, 3.63) is 29.8 Å². The van der Waals surface area contributed by atoms with E-state index in [0.717, 1.165) is 12.1 Å². The second kappa shape index (κ2) is 4.34. The second-order valence-electron chi connectivity index (χ2n) is 2.16. The molecule has 2 N–H and O–H groups in total. The normalized spacial score (nSPS) is 10.5. The van der Waals surface area contributed by atoms with Crippen LogP contribution in [0.15, 0.2) is 24.3 Å². The summed E-state index contributed by atoms with van der Waals surface area (Å²) >= 11 is 0. The Labute approximate surface area is 78.7 Å². The molecular formula is C7H7ClF3NO. The van der Waals surface area contributed by atoms with Crippen LogP contribution in [0.5, 0.6) is 0 Å². The summed E-state index contributed by atoms with van der Waals surface area (Å²) in [6.45, 7) is 0. The molecule has 0 aliphatic heterocycles. The van der Waals surface area contributed by atoms with E-state index in [1.54, 1.807) is 0 Å². The Bertz CT molecular complexity index is 277. The minimum Gasteiger partial charge on any atom is -0.291 e. The van der Waals surface area contributed by atoms with Crippen molar-refractivity contribution in [2.45, 2.75) is 6.18 Å². The molecule has 0 saturated carbocycles. The van der Waals surface area contributed by atoms with Gasteiger partial charge in [-0.2, -0.15) is 13.2 Å². The lowest BCUT2D eigenvalue weighted by Crippen LogP contribution is -2.08. The number of halogens is 4. The van der Waals surface area contributed by atoms with Crippen LogP contribution in [-0.4, -0.2) is 5.21 Å². The van der Waals surface area contributed by atoms with E-state index < -0.39 is 11.7 Å². The number of alkyl halides is 3. The van der Waals surface area contributed by atoms with E-state index >= 15 is 0 Å². The lowest BCUT2D eigenvalue weighted by Gasteiger charge is -2.10. The van der Waals surface area contributed by atoms with Crippen LogP contribution in [-0.2, 0) is 6.18 Å². The molecule has 6 heteroatoms. The molecule has 0 unspecified atom stereocenters. The molecule has 0 aromatic heterocycles. The molecular weight excluding hydrogens is 207 g/mol. The number of hydrogen-bond acceptors (Lipinski definition) is 2. The first-order valence-corrected chi connectivity index (χ1v) is 3.12. The monoisotopic (exact) mass is 213 g/mol. The van der Waals surface area contributed by atoms with Gasteiger partial charge in [-0.25, -0.2) is 0 Å². The van der Waals surface area contributed by atoms with Crippen LogP contribution in [0.1, 0.15) is 5.56 Å². The summed E-state index contributed by atoms with van der Waals surface area (Å²) in [6.07, 6.45) is -4.44. The quantitative estimate of drug-likeness (QED) is 0.703. The molecule has 0 saturated heterocycles. The highest BCUT2D eigenvalue weighted by atomic mass is 35.5. The summed E-state index contributed by atoms with van der Waals surface area (Å²) < 4.78 is 36.3. The minimum absolute atomic E-state index is 0. The summed E-state index contributed by atoms with van der Waals surface area (Å²) in [5.41, 5.74) is 0.258. The zero-order valence-corrected chi connectivity index (χ0v) is 7.12. The smallest absolute Gasteiger partial charge is 0.291 e. The van der Waals surface area contributed by atoms with Gasteiger partial charge in [-0.3, -0.25) is 10.7 Å². The van der Waals surface area contributed by atoms with E-state index in [9.17, 15) is 13.2 Å². The minimum atomic E-state index is -4.44. The molecule has 0 aliphatic rings. The van der Waals surface area contributed by atoms with E-state index in [-0.39, 0.29) is 18.1 Å². The fourth-order valence-electron chi connectivity index (χ4n) is 0.828. The number of para-hydroxylation sites is 1. The van der Waals surface area contributed by atoms with Crippen molar-refractivity contribution in [2.75, 3.05) is 5.48 Å². The van der Waals surface area contributed by atoms with Gasteiger partial charge in [-0.05, 0) is 12.1 Å². The van der Waals surface area contributed by atoms with Gasteiger partial charge < -0.3 is 0 Å². The standard InChI is InChI=1S/C7H6F3NO.ClH/c8-7(9,10)5-3-1-2-4-6(5)11-12;/h1-4,11-12H;1H. The van der Waals surface area contributed by atoms with Crippen molar-refractivity contribution in [1.82, 2.24) is 0 Å².